The van der Waals surface area contributed by atoms with Crippen molar-refractivity contribution in [3.8, 4) is 0 Å². The molecule has 1 aliphatic rings. The highest BCUT2D eigenvalue weighted by atomic mass is 32.1. The summed E-state index contributed by atoms with van der Waals surface area (Å²) < 4.78 is 0. The largest absolute Gasteiger partial charge is 0.282 e. The number of amidine groups is 1. The number of aryl methyl sites for hydroxylation is 1. The van der Waals surface area contributed by atoms with Gasteiger partial charge in [-0.25, -0.2) is 4.99 Å². The molecule has 0 bridgehead atoms. The molecule has 0 spiro atoms. The third-order valence-electron chi connectivity index (χ3n) is 3.97. The lowest BCUT2D eigenvalue weighted by Gasteiger charge is -2.19. The highest BCUT2D eigenvalue weighted by Crippen LogP contribution is 2.28. The minimum atomic E-state index is -0.0992. The van der Waals surface area contributed by atoms with Gasteiger partial charge in [0.2, 0.25) is 0 Å². The fraction of sp³-hybridized carbons (Fsp3) is 0.0476. The molecular formula is C21H16N2OS. The van der Waals surface area contributed by atoms with E-state index >= 15 is 0 Å². The highest BCUT2D eigenvalue weighted by Gasteiger charge is 2.32. The first-order chi connectivity index (χ1) is 12.2. The highest BCUT2D eigenvalue weighted by molar-refractivity contribution is 7.10. The SMILES string of the molecule is Cc1cccc(N2C(=O)/C(=C\c3cccs3)N=C2c2ccccc2)c1. The number of carbonyl (C=O) groups excluding carboxylic acids is 1. The molecule has 0 atom stereocenters. The Bertz CT molecular complexity index is 972. The second kappa shape index (κ2) is 6.49. The number of benzene rings is 2. The van der Waals surface area contributed by atoms with Gasteiger partial charge in [0.15, 0.2) is 0 Å². The molecule has 2 heterocycles. The molecule has 0 radical (unpaired) electrons. The van der Waals surface area contributed by atoms with Crippen LogP contribution in [0, 0.1) is 6.92 Å². The molecule has 0 unspecified atom stereocenters. The molecule has 1 aromatic heterocycles. The van der Waals surface area contributed by atoms with Crippen LogP contribution in [-0.4, -0.2) is 11.7 Å². The van der Waals surface area contributed by atoms with Crippen molar-refractivity contribution in [3.63, 3.8) is 0 Å². The molecular weight excluding hydrogens is 328 g/mol. The molecule has 4 heteroatoms. The lowest BCUT2D eigenvalue weighted by molar-refractivity contribution is -0.113. The maximum absolute atomic E-state index is 13.1. The van der Waals surface area contributed by atoms with Crippen LogP contribution in [0.25, 0.3) is 6.08 Å². The first kappa shape index (κ1) is 15.5. The molecule has 3 nitrogen and oxygen atoms in total. The minimum absolute atomic E-state index is 0.0992. The Balaban J connectivity index is 1.84. The summed E-state index contributed by atoms with van der Waals surface area (Å²) in [7, 11) is 0. The van der Waals surface area contributed by atoms with Crippen LogP contribution in [-0.2, 0) is 4.79 Å². The number of carbonyl (C=O) groups is 1. The lowest BCUT2D eigenvalue weighted by atomic mass is 10.1. The van der Waals surface area contributed by atoms with Gasteiger partial charge in [-0.3, -0.25) is 9.69 Å². The van der Waals surface area contributed by atoms with Crippen LogP contribution in [0.1, 0.15) is 16.0 Å². The van der Waals surface area contributed by atoms with E-state index in [4.69, 9.17) is 0 Å². The maximum atomic E-state index is 13.1. The van der Waals surface area contributed by atoms with E-state index in [2.05, 4.69) is 4.99 Å². The predicted octanol–water partition coefficient (Wildman–Crippen LogP) is 4.89. The number of hydrogen-bond donors (Lipinski definition) is 0. The van der Waals surface area contributed by atoms with Gasteiger partial charge in [-0.2, -0.15) is 0 Å². The van der Waals surface area contributed by atoms with E-state index in [9.17, 15) is 4.79 Å². The van der Waals surface area contributed by atoms with Crippen molar-refractivity contribution in [2.45, 2.75) is 6.92 Å². The standard InChI is InChI=1S/C21H16N2OS/c1-15-7-5-10-17(13-15)23-20(16-8-3-2-4-9-16)22-19(21(23)24)14-18-11-6-12-25-18/h2-14H,1H3/b19-14+. The summed E-state index contributed by atoms with van der Waals surface area (Å²) in [5.41, 5.74) is 3.32. The van der Waals surface area contributed by atoms with Crippen LogP contribution in [0.3, 0.4) is 0 Å². The number of rotatable bonds is 3. The van der Waals surface area contributed by atoms with Crippen LogP contribution in [0.15, 0.2) is 82.8 Å². The number of nitrogens with zero attached hydrogens (tertiary/aromatic N) is 2. The molecule has 0 N–H and O–H groups in total. The smallest absolute Gasteiger partial charge is 0.266 e. The molecule has 122 valence electrons. The summed E-state index contributed by atoms with van der Waals surface area (Å²) in [5.74, 6) is 0.567. The Labute approximate surface area is 150 Å². The maximum Gasteiger partial charge on any atom is 0.282 e. The summed E-state index contributed by atoms with van der Waals surface area (Å²) in [6.07, 6.45) is 1.85. The summed E-state index contributed by atoms with van der Waals surface area (Å²) in [6.45, 7) is 2.02. The van der Waals surface area contributed by atoms with E-state index in [0.717, 1.165) is 21.7 Å². The fourth-order valence-electron chi connectivity index (χ4n) is 2.81. The van der Waals surface area contributed by atoms with Gasteiger partial charge in [0.05, 0.1) is 5.69 Å². The zero-order chi connectivity index (χ0) is 17.2. The topological polar surface area (TPSA) is 32.7 Å². The molecule has 0 saturated carbocycles. The molecule has 0 fully saturated rings. The van der Waals surface area contributed by atoms with E-state index in [1.165, 1.54) is 0 Å². The monoisotopic (exact) mass is 344 g/mol. The summed E-state index contributed by atoms with van der Waals surface area (Å²) in [4.78, 5) is 20.5. The molecule has 2 aromatic carbocycles. The fourth-order valence-corrected chi connectivity index (χ4v) is 3.46. The average molecular weight is 344 g/mol. The summed E-state index contributed by atoms with van der Waals surface area (Å²) in [6, 6.07) is 21.7. The van der Waals surface area contributed by atoms with Crippen molar-refractivity contribution in [3.05, 3.63) is 93.8 Å². The van der Waals surface area contributed by atoms with Crippen LogP contribution >= 0.6 is 11.3 Å². The minimum Gasteiger partial charge on any atom is -0.266 e. The number of amides is 1. The van der Waals surface area contributed by atoms with E-state index in [1.54, 1.807) is 16.2 Å². The Kier molecular flexibility index (Phi) is 4.04. The van der Waals surface area contributed by atoms with E-state index in [1.807, 2.05) is 85.1 Å². The van der Waals surface area contributed by atoms with Gasteiger partial charge in [-0.1, -0.05) is 48.5 Å². The van der Waals surface area contributed by atoms with E-state index in [-0.39, 0.29) is 5.91 Å². The van der Waals surface area contributed by atoms with E-state index < -0.39 is 0 Å². The van der Waals surface area contributed by atoms with Crippen molar-refractivity contribution in [2.75, 3.05) is 4.90 Å². The van der Waals surface area contributed by atoms with Crippen molar-refractivity contribution in [1.29, 1.82) is 0 Å². The van der Waals surface area contributed by atoms with Gasteiger partial charge >= 0.3 is 0 Å². The first-order valence-electron chi connectivity index (χ1n) is 8.03. The number of anilines is 1. The Morgan fingerprint density at radius 3 is 2.56 bits per heavy atom. The zero-order valence-corrected chi connectivity index (χ0v) is 14.5. The van der Waals surface area contributed by atoms with Crippen molar-refractivity contribution < 1.29 is 4.79 Å². The molecule has 4 rings (SSSR count). The lowest BCUT2D eigenvalue weighted by Crippen LogP contribution is -2.32. The predicted molar refractivity (Wildman–Crippen MR) is 104 cm³/mol. The molecule has 1 aliphatic heterocycles. The zero-order valence-electron chi connectivity index (χ0n) is 13.7. The number of hydrogen-bond acceptors (Lipinski definition) is 3. The van der Waals surface area contributed by atoms with Crippen LogP contribution in [0.4, 0.5) is 5.69 Å². The second-order valence-corrected chi connectivity index (χ2v) is 6.81. The Hall–Kier alpha value is -2.98. The van der Waals surface area contributed by atoms with Gasteiger partial charge < -0.3 is 0 Å². The quantitative estimate of drug-likeness (QED) is 0.623. The Morgan fingerprint density at radius 2 is 1.84 bits per heavy atom. The van der Waals surface area contributed by atoms with Crippen LogP contribution < -0.4 is 4.90 Å². The molecule has 0 aliphatic carbocycles. The first-order valence-corrected chi connectivity index (χ1v) is 8.91. The summed E-state index contributed by atoms with van der Waals surface area (Å²) in [5, 5.41) is 1.99. The second-order valence-electron chi connectivity index (χ2n) is 5.83. The molecule has 25 heavy (non-hydrogen) atoms. The number of thiophene rings is 1. The van der Waals surface area contributed by atoms with Gasteiger partial charge in [-0.05, 0) is 42.1 Å². The molecule has 3 aromatic rings. The van der Waals surface area contributed by atoms with Gasteiger partial charge in [0, 0.05) is 10.4 Å². The molecule has 0 saturated heterocycles. The average Bonchev–Trinajstić information content (AvgIpc) is 3.25. The van der Waals surface area contributed by atoms with Gasteiger partial charge in [0.1, 0.15) is 11.5 Å². The van der Waals surface area contributed by atoms with Gasteiger partial charge in [0.25, 0.3) is 5.91 Å². The number of aliphatic imine (C=N–C) groups is 1. The normalized spacial score (nSPS) is 15.7. The molecule has 1 amide bonds. The third-order valence-corrected chi connectivity index (χ3v) is 4.79. The van der Waals surface area contributed by atoms with Crippen LogP contribution in [0.5, 0.6) is 0 Å². The summed E-state index contributed by atoms with van der Waals surface area (Å²) >= 11 is 1.59. The van der Waals surface area contributed by atoms with Gasteiger partial charge in [-0.15, -0.1) is 11.3 Å². The van der Waals surface area contributed by atoms with Crippen LogP contribution in [0.2, 0.25) is 0 Å². The van der Waals surface area contributed by atoms with E-state index in [0.29, 0.717) is 11.5 Å². The van der Waals surface area contributed by atoms with Crippen molar-refractivity contribution in [1.82, 2.24) is 0 Å². The Morgan fingerprint density at radius 1 is 1.00 bits per heavy atom. The van der Waals surface area contributed by atoms with Crippen molar-refractivity contribution in [2.24, 2.45) is 4.99 Å². The van der Waals surface area contributed by atoms with Crippen molar-refractivity contribution >= 4 is 34.8 Å². The third kappa shape index (κ3) is 3.04.